The van der Waals surface area contributed by atoms with E-state index in [1.54, 1.807) is 35.2 Å². The van der Waals surface area contributed by atoms with Gasteiger partial charge in [-0.3, -0.25) is 9.59 Å². The summed E-state index contributed by atoms with van der Waals surface area (Å²) in [6.45, 7) is 0.347. The molecule has 1 atom stereocenters. The van der Waals surface area contributed by atoms with Gasteiger partial charge >= 0.3 is 0 Å². The SMILES string of the molecule is O=C1CC(C(=O)N(Cc2ccccc2F)C2CC2)CN1c1ccccc1F. The van der Waals surface area contributed by atoms with Gasteiger partial charge < -0.3 is 9.80 Å². The molecular formula is C21H20F2N2O2. The molecule has 2 fully saturated rings. The number of para-hydroxylation sites is 1. The molecule has 0 N–H and O–H groups in total. The molecule has 2 aliphatic rings. The first-order chi connectivity index (χ1) is 13.0. The lowest BCUT2D eigenvalue weighted by Crippen LogP contribution is -2.38. The van der Waals surface area contributed by atoms with Crippen LogP contribution >= 0.6 is 0 Å². The van der Waals surface area contributed by atoms with Gasteiger partial charge in [0.2, 0.25) is 11.8 Å². The van der Waals surface area contributed by atoms with Crippen molar-refractivity contribution in [2.24, 2.45) is 5.92 Å². The topological polar surface area (TPSA) is 40.6 Å². The Bertz CT molecular complexity index is 882. The molecule has 0 aromatic heterocycles. The van der Waals surface area contributed by atoms with E-state index in [-0.39, 0.29) is 48.9 Å². The van der Waals surface area contributed by atoms with E-state index >= 15 is 0 Å². The molecule has 2 aromatic rings. The highest BCUT2D eigenvalue weighted by Crippen LogP contribution is 2.33. The number of carbonyl (C=O) groups excluding carboxylic acids is 2. The van der Waals surface area contributed by atoms with Gasteiger partial charge in [0.15, 0.2) is 0 Å². The number of hydrogen-bond acceptors (Lipinski definition) is 2. The molecular weight excluding hydrogens is 350 g/mol. The minimum Gasteiger partial charge on any atom is -0.335 e. The molecule has 1 unspecified atom stereocenters. The predicted octanol–water partition coefficient (Wildman–Crippen LogP) is 3.51. The third-order valence-electron chi connectivity index (χ3n) is 5.19. The van der Waals surface area contributed by atoms with Gasteiger partial charge in [-0.2, -0.15) is 0 Å². The second-order valence-corrected chi connectivity index (χ2v) is 7.15. The largest absolute Gasteiger partial charge is 0.335 e. The zero-order valence-electron chi connectivity index (χ0n) is 14.8. The lowest BCUT2D eigenvalue weighted by Gasteiger charge is -2.26. The average Bonchev–Trinajstić information content (AvgIpc) is 3.43. The van der Waals surface area contributed by atoms with Crippen LogP contribution in [0.1, 0.15) is 24.8 Å². The Morgan fingerprint density at radius 1 is 1.04 bits per heavy atom. The van der Waals surface area contributed by atoms with E-state index in [0.717, 1.165) is 12.8 Å². The summed E-state index contributed by atoms with van der Waals surface area (Å²) in [4.78, 5) is 28.5. The summed E-state index contributed by atoms with van der Waals surface area (Å²) >= 11 is 0. The number of nitrogens with zero attached hydrogens (tertiary/aromatic N) is 2. The van der Waals surface area contributed by atoms with Gasteiger partial charge in [-0.05, 0) is 31.0 Å². The van der Waals surface area contributed by atoms with Gasteiger partial charge in [-0.1, -0.05) is 30.3 Å². The second-order valence-electron chi connectivity index (χ2n) is 7.15. The molecule has 1 aliphatic carbocycles. The lowest BCUT2D eigenvalue weighted by molar-refractivity contribution is -0.137. The van der Waals surface area contributed by atoms with Crippen molar-refractivity contribution in [1.82, 2.24) is 4.90 Å². The minimum atomic E-state index is -0.538. The maximum atomic E-state index is 14.0. The molecule has 1 saturated heterocycles. The normalized spacial score (nSPS) is 19.4. The minimum absolute atomic E-state index is 0.0493. The summed E-state index contributed by atoms with van der Waals surface area (Å²) < 4.78 is 28.1. The van der Waals surface area contributed by atoms with Crippen molar-refractivity contribution in [3.63, 3.8) is 0 Å². The molecule has 27 heavy (non-hydrogen) atoms. The molecule has 4 rings (SSSR count). The van der Waals surface area contributed by atoms with E-state index in [9.17, 15) is 18.4 Å². The van der Waals surface area contributed by atoms with Crippen LogP contribution in [0.5, 0.6) is 0 Å². The summed E-state index contributed by atoms with van der Waals surface area (Å²) in [6.07, 6.45) is 1.82. The third kappa shape index (κ3) is 3.56. The van der Waals surface area contributed by atoms with E-state index < -0.39 is 11.7 Å². The van der Waals surface area contributed by atoms with Crippen molar-refractivity contribution in [1.29, 1.82) is 0 Å². The van der Waals surface area contributed by atoms with Crippen LogP contribution in [0.4, 0.5) is 14.5 Å². The van der Waals surface area contributed by atoms with Crippen molar-refractivity contribution >= 4 is 17.5 Å². The van der Waals surface area contributed by atoms with Gasteiger partial charge in [-0.25, -0.2) is 8.78 Å². The molecule has 6 heteroatoms. The van der Waals surface area contributed by atoms with Crippen LogP contribution in [0.15, 0.2) is 48.5 Å². The molecule has 140 valence electrons. The van der Waals surface area contributed by atoms with E-state index in [0.29, 0.717) is 5.56 Å². The zero-order chi connectivity index (χ0) is 19.0. The van der Waals surface area contributed by atoms with Crippen molar-refractivity contribution in [3.8, 4) is 0 Å². The highest BCUT2D eigenvalue weighted by atomic mass is 19.1. The van der Waals surface area contributed by atoms with Crippen LogP contribution in [0, 0.1) is 17.6 Å². The van der Waals surface area contributed by atoms with E-state index in [1.807, 2.05) is 0 Å². The molecule has 2 aromatic carbocycles. The summed E-state index contributed by atoms with van der Waals surface area (Å²) in [5.41, 5.74) is 0.665. The van der Waals surface area contributed by atoms with Crippen LogP contribution < -0.4 is 4.90 Å². The molecule has 1 heterocycles. The monoisotopic (exact) mass is 370 g/mol. The summed E-state index contributed by atoms with van der Waals surface area (Å²) in [5.74, 6) is -1.78. The Morgan fingerprint density at radius 3 is 2.37 bits per heavy atom. The Morgan fingerprint density at radius 2 is 1.70 bits per heavy atom. The van der Waals surface area contributed by atoms with Gasteiger partial charge in [0, 0.05) is 31.1 Å². The molecule has 4 nitrogen and oxygen atoms in total. The molecule has 1 saturated carbocycles. The van der Waals surface area contributed by atoms with Crippen molar-refractivity contribution in [3.05, 3.63) is 65.7 Å². The summed E-state index contributed by atoms with van der Waals surface area (Å²) in [5, 5.41) is 0. The third-order valence-corrected chi connectivity index (χ3v) is 5.19. The Balaban J connectivity index is 1.52. The van der Waals surface area contributed by atoms with Crippen LogP contribution in [0.3, 0.4) is 0 Å². The predicted molar refractivity (Wildman–Crippen MR) is 96.8 cm³/mol. The maximum Gasteiger partial charge on any atom is 0.228 e. The number of rotatable bonds is 5. The number of amides is 2. The number of carbonyl (C=O) groups is 2. The van der Waals surface area contributed by atoms with Crippen LogP contribution in [0.25, 0.3) is 0 Å². The fourth-order valence-corrected chi connectivity index (χ4v) is 3.59. The lowest BCUT2D eigenvalue weighted by atomic mass is 10.1. The molecule has 0 radical (unpaired) electrons. The second kappa shape index (κ2) is 7.10. The van der Waals surface area contributed by atoms with Gasteiger partial charge in [0.1, 0.15) is 11.6 Å². The number of anilines is 1. The summed E-state index contributed by atoms with van der Waals surface area (Å²) in [7, 11) is 0. The first-order valence-electron chi connectivity index (χ1n) is 9.13. The molecule has 0 spiro atoms. The van der Waals surface area contributed by atoms with Crippen LogP contribution in [-0.2, 0) is 16.1 Å². The quantitative estimate of drug-likeness (QED) is 0.808. The van der Waals surface area contributed by atoms with E-state index in [4.69, 9.17) is 0 Å². The van der Waals surface area contributed by atoms with Gasteiger partial charge in [-0.15, -0.1) is 0 Å². The number of benzene rings is 2. The van der Waals surface area contributed by atoms with Crippen molar-refractivity contribution < 1.29 is 18.4 Å². The highest BCUT2D eigenvalue weighted by molar-refractivity contribution is 6.00. The van der Waals surface area contributed by atoms with Crippen LogP contribution in [0.2, 0.25) is 0 Å². The van der Waals surface area contributed by atoms with Crippen molar-refractivity contribution in [2.45, 2.75) is 31.8 Å². The van der Waals surface area contributed by atoms with Gasteiger partial charge in [0.05, 0.1) is 11.6 Å². The van der Waals surface area contributed by atoms with Gasteiger partial charge in [0.25, 0.3) is 0 Å². The Labute approximate surface area is 156 Å². The first-order valence-corrected chi connectivity index (χ1v) is 9.13. The summed E-state index contributed by atoms with van der Waals surface area (Å²) in [6, 6.07) is 12.6. The molecule has 1 aliphatic heterocycles. The highest BCUT2D eigenvalue weighted by Gasteiger charge is 2.42. The van der Waals surface area contributed by atoms with E-state index in [2.05, 4.69) is 0 Å². The fourth-order valence-electron chi connectivity index (χ4n) is 3.59. The van der Waals surface area contributed by atoms with Crippen molar-refractivity contribution in [2.75, 3.05) is 11.4 Å². The maximum absolute atomic E-state index is 14.0. The Kier molecular flexibility index (Phi) is 4.64. The smallest absolute Gasteiger partial charge is 0.228 e. The molecule has 0 bridgehead atoms. The van der Waals surface area contributed by atoms with E-state index in [1.165, 1.54) is 23.1 Å². The zero-order valence-corrected chi connectivity index (χ0v) is 14.8. The fraction of sp³-hybridized carbons (Fsp3) is 0.333. The first kappa shape index (κ1) is 17.6. The Hall–Kier alpha value is -2.76. The molecule has 2 amide bonds. The standard InChI is InChI=1S/C21H20F2N2O2/c22-17-6-2-1-5-14(17)12-24(16-9-10-16)21(27)15-11-20(26)25(13-15)19-8-4-3-7-18(19)23/h1-8,15-16H,9-13H2. The number of hydrogen-bond donors (Lipinski definition) is 0. The number of halogens is 2. The van der Waals surface area contributed by atoms with Crippen LogP contribution in [-0.4, -0.2) is 29.3 Å². The average molecular weight is 370 g/mol.